The van der Waals surface area contributed by atoms with Gasteiger partial charge in [0.25, 0.3) is 5.91 Å². The zero-order chi connectivity index (χ0) is 31.7. The first-order valence-corrected chi connectivity index (χ1v) is 16.7. The van der Waals surface area contributed by atoms with E-state index < -0.39 is 5.82 Å². The molecule has 1 N–H and O–H groups in total. The van der Waals surface area contributed by atoms with E-state index in [2.05, 4.69) is 27.4 Å². The minimum atomic E-state index is -0.417. The summed E-state index contributed by atoms with van der Waals surface area (Å²) in [5.41, 5.74) is 4.09. The third kappa shape index (κ3) is 6.52. The second-order valence-electron chi connectivity index (χ2n) is 13.2. The smallest absolute Gasteiger partial charge is 0.410 e. The Balaban J connectivity index is 1.14. The van der Waals surface area contributed by atoms with Crippen molar-refractivity contribution in [3.05, 3.63) is 47.9 Å². The lowest BCUT2D eigenvalue weighted by Gasteiger charge is -2.36. The number of fused-ring (bicyclic) bond motifs is 1. The first-order chi connectivity index (χ1) is 21.7. The number of carbonyl (C=O) groups is 2. The van der Waals surface area contributed by atoms with E-state index in [0.29, 0.717) is 36.7 Å². The van der Waals surface area contributed by atoms with Crippen molar-refractivity contribution < 1.29 is 18.7 Å². The molecule has 1 aliphatic carbocycles. The number of aryl methyl sites for hydroxylation is 1. The van der Waals surface area contributed by atoms with Crippen molar-refractivity contribution >= 4 is 28.6 Å². The number of hydrogen-bond donors (Lipinski definition) is 1. The Kier molecular flexibility index (Phi) is 9.31. The zero-order valence-corrected chi connectivity index (χ0v) is 27.1. The van der Waals surface area contributed by atoms with Crippen LogP contribution >= 0.6 is 0 Å². The first-order valence-electron chi connectivity index (χ1n) is 16.7. The van der Waals surface area contributed by atoms with E-state index in [-0.39, 0.29) is 18.0 Å². The SMILES string of the molecule is CCN(C(=O)c1cc(F)ccc1-c1cc(N2CCC(NCC3CCC(N4CCOC4=O)CC3)CC2)cc2c1cnn2C)C(C)C. The van der Waals surface area contributed by atoms with Crippen molar-refractivity contribution in [2.75, 3.05) is 44.2 Å². The third-order valence-corrected chi connectivity index (χ3v) is 10.2. The summed E-state index contributed by atoms with van der Waals surface area (Å²) >= 11 is 0. The molecular formula is C35H47FN6O3. The molecule has 2 aromatic carbocycles. The van der Waals surface area contributed by atoms with Gasteiger partial charge >= 0.3 is 6.09 Å². The number of nitrogens with one attached hydrogen (secondary N) is 1. The second-order valence-corrected chi connectivity index (χ2v) is 13.2. The van der Waals surface area contributed by atoms with Crippen molar-refractivity contribution in [2.24, 2.45) is 13.0 Å². The number of anilines is 1. The molecule has 2 aliphatic heterocycles. The molecule has 0 bridgehead atoms. The molecule has 3 aromatic rings. The quantitative estimate of drug-likeness (QED) is 0.326. The van der Waals surface area contributed by atoms with Gasteiger partial charge in [0.1, 0.15) is 12.4 Å². The van der Waals surface area contributed by atoms with Crippen LogP contribution in [0.1, 0.15) is 69.7 Å². The predicted octanol–water partition coefficient (Wildman–Crippen LogP) is 5.82. The summed E-state index contributed by atoms with van der Waals surface area (Å²) in [7, 11) is 1.94. The lowest BCUT2D eigenvalue weighted by Crippen LogP contribution is -2.45. The minimum Gasteiger partial charge on any atom is -0.448 e. The highest BCUT2D eigenvalue weighted by atomic mass is 19.1. The van der Waals surface area contributed by atoms with Gasteiger partial charge in [-0.1, -0.05) is 6.07 Å². The Morgan fingerprint density at radius 2 is 1.82 bits per heavy atom. The van der Waals surface area contributed by atoms with Crippen LogP contribution in [0.25, 0.3) is 22.0 Å². The van der Waals surface area contributed by atoms with Crippen LogP contribution in [-0.4, -0.2) is 89.0 Å². The second kappa shape index (κ2) is 13.4. The van der Waals surface area contributed by atoms with Gasteiger partial charge < -0.3 is 24.8 Å². The number of piperidine rings is 1. The number of ether oxygens (including phenoxy) is 1. The lowest BCUT2D eigenvalue weighted by molar-refractivity contribution is 0.0717. The van der Waals surface area contributed by atoms with Gasteiger partial charge in [-0.3, -0.25) is 9.48 Å². The molecule has 0 unspecified atom stereocenters. The van der Waals surface area contributed by atoms with Crippen molar-refractivity contribution in [2.45, 2.75) is 77.4 Å². The van der Waals surface area contributed by atoms with Crippen LogP contribution < -0.4 is 10.2 Å². The molecule has 45 heavy (non-hydrogen) atoms. The fourth-order valence-corrected chi connectivity index (χ4v) is 7.54. The van der Waals surface area contributed by atoms with E-state index in [9.17, 15) is 14.0 Å². The topological polar surface area (TPSA) is 82.9 Å². The van der Waals surface area contributed by atoms with Crippen LogP contribution in [0, 0.1) is 11.7 Å². The predicted molar refractivity (Wildman–Crippen MR) is 175 cm³/mol. The molecule has 9 nitrogen and oxygen atoms in total. The number of amides is 2. The van der Waals surface area contributed by atoms with Gasteiger partial charge in [-0.05, 0) is 107 Å². The van der Waals surface area contributed by atoms with Gasteiger partial charge in [-0.15, -0.1) is 0 Å². The van der Waals surface area contributed by atoms with Gasteiger partial charge in [0.15, 0.2) is 0 Å². The summed E-state index contributed by atoms with van der Waals surface area (Å²) in [5.74, 6) is 0.0717. The Hall–Kier alpha value is -3.66. The molecule has 6 rings (SSSR count). The molecule has 2 amide bonds. The van der Waals surface area contributed by atoms with E-state index in [1.807, 2.05) is 43.6 Å². The zero-order valence-electron chi connectivity index (χ0n) is 27.1. The molecule has 3 heterocycles. The third-order valence-electron chi connectivity index (χ3n) is 10.2. The van der Waals surface area contributed by atoms with Crippen molar-refractivity contribution in [3.63, 3.8) is 0 Å². The van der Waals surface area contributed by atoms with Gasteiger partial charge in [0.05, 0.1) is 23.8 Å². The molecular weight excluding hydrogens is 571 g/mol. The van der Waals surface area contributed by atoms with Gasteiger partial charge in [0, 0.05) is 55.9 Å². The number of carbonyl (C=O) groups excluding carboxylic acids is 2. The molecule has 0 atom stereocenters. The van der Waals surface area contributed by atoms with E-state index in [0.717, 1.165) is 92.4 Å². The number of benzene rings is 2. The molecule has 242 valence electrons. The molecule has 1 saturated carbocycles. The number of halogens is 1. The largest absolute Gasteiger partial charge is 0.448 e. The number of cyclic esters (lactones) is 1. The molecule has 0 spiro atoms. The lowest BCUT2D eigenvalue weighted by atomic mass is 9.85. The fraction of sp³-hybridized carbons (Fsp3) is 0.571. The molecule has 1 aromatic heterocycles. The van der Waals surface area contributed by atoms with Crippen molar-refractivity contribution in [3.8, 4) is 11.1 Å². The Morgan fingerprint density at radius 1 is 1.07 bits per heavy atom. The average molecular weight is 619 g/mol. The van der Waals surface area contributed by atoms with Crippen molar-refractivity contribution in [1.29, 1.82) is 0 Å². The van der Waals surface area contributed by atoms with Crippen LogP contribution in [0.2, 0.25) is 0 Å². The highest BCUT2D eigenvalue weighted by molar-refractivity contribution is 6.06. The van der Waals surface area contributed by atoms with Crippen LogP contribution in [-0.2, 0) is 11.8 Å². The summed E-state index contributed by atoms with van der Waals surface area (Å²) in [6.45, 7) is 10.6. The van der Waals surface area contributed by atoms with E-state index in [1.54, 1.807) is 11.0 Å². The molecule has 2 saturated heterocycles. The van der Waals surface area contributed by atoms with Crippen LogP contribution in [0.4, 0.5) is 14.9 Å². The first kappa shape index (κ1) is 31.3. The van der Waals surface area contributed by atoms with Gasteiger partial charge in [0.2, 0.25) is 0 Å². The molecule has 10 heteroatoms. The normalized spacial score (nSPS) is 21.2. The number of hydrogen-bond acceptors (Lipinski definition) is 6. The van der Waals surface area contributed by atoms with Crippen LogP contribution in [0.15, 0.2) is 36.5 Å². The Bertz CT molecular complexity index is 1520. The summed E-state index contributed by atoms with van der Waals surface area (Å²) in [6, 6.07) is 9.72. The highest BCUT2D eigenvalue weighted by Gasteiger charge is 2.33. The number of rotatable bonds is 9. The maximum Gasteiger partial charge on any atom is 0.410 e. The van der Waals surface area contributed by atoms with Gasteiger partial charge in [-0.2, -0.15) is 5.10 Å². The minimum absolute atomic E-state index is 0.00370. The molecule has 3 fully saturated rings. The van der Waals surface area contributed by atoms with Gasteiger partial charge in [-0.25, -0.2) is 9.18 Å². The van der Waals surface area contributed by atoms with Crippen molar-refractivity contribution in [1.82, 2.24) is 24.9 Å². The summed E-state index contributed by atoms with van der Waals surface area (Å²) in [5, 5.41) is 9.35. The number of nitrogens with zero attached hydrogens (tertiary/aromatic N) is 5. The van der Waals surface area contributed by atoms with Crippen LogP contribution in [0.5, 0.6) is 0 Å². The maximum absolute atomic E-state index is 14.6. The summed E-state index contributed by atoms with van der Waals surface area (Å²) in [6.07, 6.45) is 8.22. The maximum atomic E-state index is 14.6. The average Bonchev–Trinajstić information content (AvgIpc) is 3.65. The Morgan fingerprint density at radius 3 is 2.49 bits per heavy atom. The van der Waals surface area contributed by atoms with E-state index >= 15 is 0 Å². The highest BCUT2D eigenvalue weighted by Crippen LogP contribution is 2.37. The summed E-state index contributed by atoms with van der Waals surface area (Å²) < 4.78 is 21.6. The van der Waals surface area contributed by atoms with E-state index in [1.165, 1.54) is 12.1 Å². The summed E-state index contributed by atoms with van der Waals surface area (Å²) in [4.78, 5) is 31.8. The standard InChI is InChI=1S/C35H47FN6O3/c1-5-41(23(2)3)34(43)31-18-25(36)8-11-29(31)30-19-28(20-33-32(30)22-38-39(33)4)40-14-12-26(13-15-40)37-21-24-6-9-27(10-7-24)42-16-17-45-35(42)44/h8,11,18-20,22-24,26-27,37H,5-7,9-10,12-17,21H2,1-4H3. The fourth-order valence-electron chi connectivity index (χ4n) is 7.54. The monoisotopic (exact) mass is 618 g/mol. The molecule has 3 aliphatic rings. The Labute approximate surface area is 265 Å². The molecule has 0 radical (unpaired) electrons. The van der Waals surface area contributed by atoms with E-state index in [4.69, 9.17) is 4.74 Å². The number of aromatic nitrogens is 2. The van der Waals surface area contributed by atoms with Crippen LogP contribution in [0.3, 0.4) is 0 Å².